The molecule has 23 heavy (non-hydrogen) atoms. The first-order valence-corrected chi connectivity index (χ1v) is 7.54. The molecule has 1 heterocycles. The Hall–Kier alpha value is -2.56. The second-order valence-electron chi connectivity index (χ2n) is 6.04. The van der Waals surface area contributed by atoms with Crippen LogP contribution < -0.4 is 10.1 Å². The zero-order valence-corrected chi connectivity index (χ0v) is 13.7. The van der Waals surface area contributed by atoms with Gasteiger partial charge in [0, 0.05) is 12.4 Å². The van der Waals surface area contributed by atoms with Crippen LogP contribution >= 0.6 is 0 Å². The van der Waals surface area contributed by atoms with Crippen LogP contribution in [0, 0.1) is 0 Å². The lowest BCUT2D eigenvalue weighted by atomic mass is 10.1. The molecule has 0 fully saturated rings. The minimum atomic E-state index is -0.492. The Morgan fingerprint density at radius 2 is 1.65 bits per heavy atom. The summed E-state index contributed by atoms with van der Waals surface area (Å²) in [6, 6.07) is 11.7. The van der Waals surface area contributed by atoms with Gasteiger partial charge in [-0.2, -0.15) is 0 Å². The number of alkyl carbamates (subject to hydrolysis) is 1. The van der Waals surface area contributed by atoms with E-state index in [1.54, 1.807) is 12.4 Å². The van der Waals surface area contributed by atoms with Gasteiger partial charge in [-0.25, -0.2) is 4.79 Å². The molecular formula is C18H22N2O3. The predicted octanol–water partition coefficient (Wildman–Crippen LogP) is 3.65. The van der Waals surface area contributed by atoms with Gasteiger partial charge in [-0.3, -0.25) is 4.98 Å². The molecule has 2 rings (SSSR count). The Bertz CT molecular complexity index is 619. The van der Waals surface area contributed by atoms with E-state index in [1.165, 1.54) is 0 Å². The number of hydrogen-bond acceptors (Lipinski definition) is 4. The van der Waals surface area contributed by atoms with Gasteiger partial charge in [0.05, 0.1) is 6.54 Å². The number of nitrogens with one attached hydrogen (secondary N) is 1. The van der Waals surface area contributed by atoms with Crippen LogP contribution in [-0.2, 0) is 4.74 Å². The molecule has 0 saturated heterocycles. The maximum Gasteiger partial charge on any atom is 0.407 e. The van der Waals surface area contributed by atoms with Crippen LogP contribution in [0.5, 0.6) is 5.75 Å². The minimum Gasteiger partial charge on any atom is -0.492 e. The highest BCUT2D eigenvalue weighted by atomic mass is 16.6. The first kappa shape index (κ1) is 16.8. The fraction of sp³-hybridized carbons (Fsp3) is 0.333. The third-order valence-corrected chi connectivity index (χ3v) is 2.91. The van der Waals surface area contributed by atoms with Crippen molar-refractivity contribution in [1.82, 2.24) is 10.3 Å². The zero-order valence-electron chi connectivity index (χ0n) is 13.7. The Labute approximate surface area is 136 Å². The van der Waals surface area contributed by atoms with Crippen molar-refractivity contribution in [1.29, 1.82) is 0 Å². The molecule has 0 unspecified atom stereocenters. The molecule has 1 amide bonds. The molecule has 0 atom stereocenters. The zero-order chi connectivity index (χ0) is 16.7. The van der Waals surface area contributed by atoms with E-state index in [-0.39, 0.29) is 0 Å². The number of aromatic nitrogens is 1. The average Bonchev–Trinajstić information content (AvgIpc) is 2.51. The first-order valence-electron chi connectivity index (χ1n) is 7.54. The topological polar surface area (TPSA) is 60.5 Å². The highest BCUT2D eigenvalue weighted by Crippen LogP contribution is 2.21. The standard InChI is InChI=1S/C18H22N2O3/c1-18(2,3)23-17(21)20-12-13-22-16-6-4-14(5-7-16)15-8-10-19-11-9-15/h4-11H,12-13H2,1-3H3,(H,20,21). The van der Waals surface area contributed by atoms with E-state index in [4.69, 9.17) is 9.47 Å². The van der Waals surface area contributed by atoms with E-state index in [9.17, 15) is 4.79 Å². The molecule has 0 bridgehead atoms. The molecule has 5 nitrogen and oxygen atoms in total. The van der Waals surface area contributed by atoms with Crippen molar-refractivity contribution in [2.45, 2.75) is 26.4 Å². The number of carbonyl (C=O) groups is 1. The van der Waals surface area contributed by atoms with Crippen LogP contribution in [0.2, 0.25) is 0 Å². The monoisotopic (exact) mass is 314 g/mol. The van der Waals surface area contributed by atoms with E-state index in [0.29, 0.717) is 13.2 Å². The SMILES string of the molecule is CC(C)(C)OC(=O)NCCOc1ccc(-c2ccncc2)cc1. The first-order chi connectivity index (χ1) is 10.9. The van der Waals surface area contributed by atoms with E-state index in [0.717, 1.165) is 16.9 Å². The summed E-state index contributed by atoms with van der Waals surface area (Å²) in [6.45, 7) is 6.25. The van der Waals surface area contributed by atoms with E-state index in [1.807, 2.05) is 57.2 Å². The third kappa shape index (κ3) is 5.98. The largest absolute Gasteiger partial charge is 0.492 e. The lowest BCUT2D eigenvalue weighted by molar-refractivity contribution is 0.0520. The van der Waals surface area contributed by atoms with Crippen LogP contribution in [-0.4, -0.2) is 29.8 Å². The highest BCUT2D eigenvalue weighted by molar-refractivity contribution is 5.67. The number of nitrogens with zero attached hydrogens (tertiary/aromatic N) is 1. The number of ether oxygens (including phenoxy) is 2. The Balaban J connectivity index is 1.76. The van der Waals surface area contributed by atoms with Crippen LogP contribution in [0.3, 0.4) is 0 Å². The van der Waals surface area contributed by atoms with Crippen molar-refractivity contribution in [3.05, 3.63) is 48.8 Å². The number of rotatable bonds is 5. The molecule has 2 aromatic rings. The molecule has 0 aliphatic carbocycles. The van der Waals surface area contributed by atoms with E-state index >= 15 is 0 Å². The molecule has 5 heteroatoms. The van der Waals surface area contributed by atoms with Crippen molar-refractivity contribution in [3.63, 3.8) is 0 Å². The van der Waals surface area contributed by atoms with Gasteiger partial charge in [-0.1, -0.05) is 12.1 Å². The minimum absolute atomic E-state index is 0.383. The maximum absolute atomic E-state index is 11.5. The second-order valence-corrected chi connectivity index (χ2v) is 6.04. The fourth-order valence-corrected chi connectivity index (χ4v) is 1.92. The van der Waals surface area contributed by atoms with Crippen molar-refractivity contribution < 1.29 is 14.3 Å². The van der Waals surface area contributed by atoms with Crippen LogP contribution in [0.4, 0.5) is 4.79 Å². The molecule has 0 aliphatic rings. The quantitative estimate of drug-likeness (QED) is 0.856. The molecule has 0 radical (unpaired) electrons. The van der Waals surface area contributed by atoms with Gasteiger partial charge in [0.25, 0.3) is 0 Å². The smallest absolute Gasteiger partial charge is 0.407 e. The molecule has 1 aromatic heterocycles. The predicted molar refractivity (Wildman–Crippen MR) is 89.4 cm³/mol. The molecule has 0 aliphatic heterocycles. The fourth-order valence-electron chi connectivity index (χ4n) is 1.92. The van der Waals surface area contributed by atoms with Crippen LogP contribution in [0.1, 0.15) is 20.8 Å². The van der Waals surface area contributed by atoms with Gasteiger partial charge in [0.15, 0.2) is 0 Å². The van der Waals surface area contributed by atoms with Crippen molar-refractivity contribution in [3.8, 4) is 16.9 Å². The van der Waals surface area contributed by atoms with Gasteiger partial charge < -0.3 is 14.8 Å². The van der Waals surface area contributed by atoms with Crippen molar-refractivity contribution >= 4 is 6.09 Å². The summed E-state index contributed by atoms with van der Waals surface area (Å²) < 4.78 is 10.7. The molecular weight excluding hydrogens is 292 g/mol. The Kier molecular flexibility index (Phi) is 5.57. The molecule has 0 saturated carbocycles. The summed E-state index contributed by atoms with van der Waals surface area (Å²) in [6.07, 6.45) is 3.10. The summed E-state index contributed by atoms with van der Waals surface area (Å²) in [5, 5.41) is 2.65. The summed E-state index contributed by atoms with van der Waals surface area (Å²) in [4.78, 5) is 15.5. The molecule has 1 N–H and O–H groups in total. The number of benzene rings is 1. The number of hydrogen-bond donors (Lipinski definition) is 1. The van der Waals surface area contributed by atoms with E-state index < -0.39 is 11.7 Å². The lowest BCUT2D eigenvalue weighted by Gasteiger charge is -2.19. The number of carbonyl (C=O) groups excluding carboxylic acids is 1. The molecule has 122 valence electrons. The Morgan fingerprint density at radius 3 is 2.26 bits per heavy atom. The van der Waals surface area contributed by atoms with E-state index in [2.05, 4.69) is 10.3 Å². The highest BCUT2D eigenvalue weighted by Gasteiger charge is 2.15. The normalized spacial score (nSPS) is 10.9. The summed E-state index contributed by atoms with van der Waals surface area (Å²) >= 11 is 0. The average molecular weight is 314 g/mol. The molecule has 0 spiro atoms. The summed E-state index contributed by atoms with van der Waals surface area (Å²) in [5.41, 5.74) is 1.72. The summed E-state index contributed by atoms with van der Waals surface area (Å²) in [5.74, 6) is 0.758. The third-order valence-electron chi connectivity index (χ3n) is 2.91. The van der Waals surface area contributed by atoms with Crippen LogP contribution in [0.25, 0.3) is 11.1 Å². The van der Waals surface area contributed by atoms with Crippen LogP contribution in [0.15, 0.2) is 48.8 Å². The molecule has 1 aromatic carbocycles. The Morgan fingerprint density at radius 1 is 1.04 bits per heavy atom. The van der Waals surface area contributed by atoms with Gasteiger partial charge in [-0.15, -0.1) is 0 Å². The number of amides is 1. The second kappa shape index (κ2) is 7.63. The summed E-state index contributed by atoms with van der Waals surface area (Å²) in [7, 11) is 0. The van der Waals surface area contributed by atoms with Crippen molar-refractivity contribution in [2.75, 3.05) is 13.2 Å². The maximum atomic E-state index is 11.5. The number of pyridine rings is 1. The van der Waals surface area contributed by atoms with Gasteiger partial charge in [0.2, 0.25) is 0 Å². The van der Waals surface area contributed by atoms with Gasteiger partial charge >= 0.3 is 6.09 Å². The van der Waals surface area contributed by atoms with Gasteiger partial charge in [-0.05, 0) is 56.2 Å². The van der Waals surface area contributed by atoms with Gasteiger partial charge in [0.1, 0.15) is 18.0 Å². The van der Waals surface area contributed by atoms with Crippen molar-refractivity contribution in [2.24, 2.45) is 0 Å². The lowest BCUT2D eigenvalue weighted by Crippen LogP contribution is -2.34.